The van der Waals surface area contributed by atoms with Gasteiger partial charge < -0.3 is 14.8 Å². The molecule has 0 bridgehead atoms. The maximum Gasteiger partial charge on any atom is 0.329 e. The number of para-hydroxylation sites is 1. The van der Waals surface area contributed by atoms with Crippen molar-refractivity contribution in [2.75, 3.05) is 31.1 Å². The first kappa shape index (κ1) is 19.9. The lowest BCUT2D eigenvalue weighted by atomic mass is 10.1. The van der Waals surface area contributed by atoms with Gasteiger partial charge in [0.05, 0.1) is 10.9 Å². The van der Waals surface area contributed by atoms with Crippen LogP contribution in [0.3, 0.4) is 0 Å². The van der Waals surface area contributed by atoms with Crippen LogP contribution in [0.15, 0.2) is 52.1 Å². The van der Waals surface area contributed by atoms with E-state index in [1.807, 2.05) is 0 Å². The van der Waals surface area contributed by atoms with Crippen LogP contribution in [-0.4, -0.2) is 46.5 Å². The third-order valence-corrected chi connectivity index (χ3v) is 6.09. The molecule has 30 heavy (non-hydrogen) atoms. The molecule has 2 aromatic carbocycles. The predicted molar refractivity (Wildman–Crippen MR) is 118 cm³/mol. The number of carbonyl (C=O) groups is 1. The Morgan fingerprint density at radius 2 is 1.67 bits per heavy atom. The summed E-state index contributed by atoms with van der Waals surface area (Å²) < 4.78 is 1.03. The van der Waals surface area contributed by atoms with Crippen molar-refractivity contribution in [3.05, 3.63) is 74.4 Å². The summed E-state index contributed by atoms with van der Waals surface area (Å²) in [6, 6.07) is 12.2. The van der Waals surface area contributed by atoms with Crippen LogP contribution in [0.1, 0.15) is 24.1 Å². The van der Waals surface area contributed by atoms with Gasteiger partial charge >= 0.3 is 5.69 Å². The van der Waals surface area contributed by atoms with Crippen molar-refractivity contribution >= 4 is 22.5 Å². The van der Waals surface area contributed by atoms with E-state index in [2.05, 4.69) is 41.9 Å². The first-order valence-corrected chi connectivity index (χ1v) is 10.2. The minimum atomic E-state index is -0.863. The minimum absolute atomic E-state index is 0.210. The number of nitrogens with zero attached hydrogens (tertiary/aromatic N) is 3. The van der Waals surface area contributed by atoms with Gasteiger partial charge in [0.15, 0.2) is 0 Å². The van der Waals surface area contributed by atoms with Crippen molar-refractivity contribution in [3.63, 3.8) is 0 Å². The molecule has 1 atom stereocenters. The summed E-state index contributed by atoms with van der Waals surface area (Å²) in [5.74, 6) is -0.210. The molecule has 1 aliphatic heterocycles. The summed E-state index contributed by atoms with van der Waals surface area (Å²) in [6.45, 7) is 8.36. The molecular formula is C23H26N4O3. The molecule has 3 aromatic rings. The van der Waals surface area contributed by atoms with Crippen LogP contribution >= 0.6 is 0 Å². The van der Waals surface area contributed by atoms with Gasteiger partial charge in [-0.3, -0.25) is 9.59 Å². The van der Waals surface area contributed by atoms with Crippen LogP contribution in [-0.2, 0) is 4.79 Å². The summed E-state index contributed by atoms with van der Waals surface area (Å²) in [4.78, 5) is 45.2. The fourth-order valence-corrected chi connectivity index (χ4v) is 4.15. The summed E-state index contributed by atoms with van der Waals surface area (Å²) in [7, 11) is 0. The molecule has 1 N–H and O–H groups in total. The van der Waals surface area contributed by atoms with Gasteiger partial charge in [-0.1, -0.05) is 24.3 Å². The molecule has 0 saturated carbocycles. The maximum atomic E-state index is 13.1. The topological polar surface area (TPSA) is 78.4 Å². The lowest BCUT2D eigenvalue weighted by Gasteiger charge is -2.38. The average molecular weight is 406 g/mol. The van der Waals surface area contributed by atoms with E-state index in [4.69, 9.17) is 0 Å². The van der Waals surface area contributed by atoms with Crippen LogP contribution in [0.2, 0.25) is 0 Å². The highest BCUT2D eigenvalue weighted by atomic mass is 16.2. The first-order chi connectivity index (χ1) is 14.4. The van der Waals surface area contributed by atoms with E-state index in [0.717, 1.165) is 4.57 Å². The number of aromatic nitrogens is 2. The van der Waals surface area contributed by atoms with E-state index in [1.54, 1.807) is 36.1 Å². The van der Waals surface area contributed by atoms with E-state index >= 15 is 0 Å². The second-order valence-electron chi connectivity index (χ2n) is 7.86. The zero-order chi connectivity index (χ0) is 21.4. The largest absolute Gasteiger partial charge is 0.368 e. The number of fused-ring (bicyclic) bond motifs is 1. The molecule has 1 fully saturated rings. The van der Waals surface area contributed by atoms with E-state index in [9.17, 15) is 14.4 Å². The normalized spacial score (nSPS) is 15.4. The molecule has 0 spiro atoms. The molecule has 1 unspecified atom stereocenters. The van der Waals surface area contributed by atoms with Crippen molar-refractivity contribution in [2.45, 2.75) is 26.8 Å². The summed E-state index contributed by atoms with van der Waals surface area (Å²) >= 11 is 0. The molecule has 1 saturated heterocycles. The molecule has 4 rings (SSSR count). The van der Waals surface area contributed by atoms with Gasteiger partial charge in [-0.05, 0) is 50.1 Å². The van der Waals surface area contributed by atoms with Crippen molar-refractivity contribution in [1.82, 2.24) is 14.5 Å². The third-order valence-electron chi connectivity index (χ3n) is 6.09. The predicted octanol–water partition coefficient (Wildman–Crippen LogP) is 2.22. The van der Waals surface area contributed by atoms with Gasteiger partial charge in [-0.2, -0.15) is 0 Å². The van der Waals surface area contributed by atoms with Gasteiger partial charge in [0.1, 0.15) is 6.04 Å². The second kappa shape index (κ2) is 7.82. The number of hydrogen-bond donors (Lipinski definition) is 1. The maximum absolute atomic E-state index is 13.1. The number of benzene rings is 2. The Bertz CT molecular complexity index is 1220. The Morgan fingerprint density at radius 1 is 0.967 bits per heavy atom. The first-order valence-electron chi connectivity index (χ1n) is 10.2. The van der Waals surface area contributed by atoms with Crippen molar-refractivity contribution < 1.29 is 4.79 Å². The van der Waals surface area contributed by atoms with Gasteiger partial charge in [-0.25, -0.2) is 9.36 Å². The number of nitrogens with one attached hydrogen (secondary N) is 1. The summed E-state index contributed by atoms with van der Waals surface area (Å²) in [6.07, 6.45) is 0. The molecule has 1 aromatic heterocycles. The monoisotopic (exact) mass is 406 g/mol. The fraction of sp³-hybridized carbons (Fsp3) is 0.348. The van der Waals surface area contributed by atoms with Crippen LogP contribution in [0.25, 0.3) is 10.9 Å². The van der Waals surface area contributed by atoms with Crippen LogP contribution in [0.4, 0.5) is 5.69 Å². The van der Waals surface area contributed by atoms with Crippen molar-refractivity contribution in [3.8, 4) is 0 Å². The molecular weight excluding hydrogens is 380 g/mol. The van der Waals surface area contributed by atoms with Crippen LogP contribution < -0.4 is 16.1 Å². The van der Waals surface area contributed by atoms with E-state index in [1.165, 1.54) is 16.8 Å². The number of amides is 1. The highest BCUT2D eigenvalue weighted by molar-refractivity contribution is 5.82. The van der Waals surface area contributed by atoms with Gasteiger partial charge in [0, 0.05) is 31.9 Å². The standard InChI is InChI=1S/C23H26N4O3/c1-15-7-6-10-20(16(15)2)25-11-13-26(14-12-25)21(28)17(3)27-22(29)18-8-4-5-9-19(18)24-23(27)30/h4-10,17H,11-14H2,1-3H3,(H,24,30). The molecule has 0 radical (unpaired) electrons. The Kier molecular flexibility index (Phi) is 5.20. The van der Waals surface area contributed by atoms with E-state index in [0.29, 0.717) is 37.1 Å². The smallest absolute Gasteiger partial charge is 0.329 e. The van der Waals surface area contributed by atoms with Gasteiger partial charge in [-0.15, -0.1) is 0 Å². The van der Waals surface area contributed by atoms with E-state index < -0.39 is 17.3 Å². The van der Waals surface area contributed by atoms with Crippen LogP contribution in [0.5, 0.6) is 0 Å². The number of aryl methyl sites for hydroxylation is 1. The number of aromatic amines is 1. The average Bonchev–Trinajstić information content (AvgIpc) is 2.75. The molecule has 7 heteroatoms. The highest BCUT2D eigenvalue weighted by Gasteiger charge is 2.28. The lowest BCUT2D eigenvalue weighted by molar-refractivity contribution is -0.134. The third kappa shape index (κ3) is 3.40. The summed E-state index contributed by atoms with van der Waals surface area (Å²) in [5, 5.41) is 0.400. The highest BCUT2D eigenvalue weighted by Crippen LogP contribution is 2.24. The Morgan fingerprint density at radius 3 is 2.40 bits per heavy atom. The molecule has 1 aliphatic rings. The summed E-state index contributed by atoms with van der Waals surface area (Å²) in [5.41, 5.74) is 3.16. The lowest BCUT2D eigenvalue weighted by Crippen LogP contribution is -2.52. The molecule has 156 valence electrons. The Hall–Kier alpha value is -3.35. The molecule has 2 heterocycles. The number of rotatable bonds is 3. The number of hydrogen-bond acceptors (Lipinski definition) is 4. The fourth-order valence-electron chi connectivity index (χ4n) is 4.15. The number of anilines is 1. The molecule has 7 nitrogen and oxygen atoms in total. The Labute approximate surface area is 174 Å². The van der Waals surface area contributed by atoms with Gasteiger partial charge in [0.25, 0.3) is 5.56 Å². The second-order valence-corrected chi connectivity index (χ2v) is 7.86. The van der Waals surface area contributed by atoms with Gasteiger partial charge in [0.2, 0.25) is 5.91 Å². The molecule has 0 aliphatic carbocycles. The van der Waals surface area contributed by atoms with Crippen LogP contribution in [0, 0.1) is 13.8 Å². The quantitative estimate of drug-likeness (QED) is 0.723. The zero-order valence-electron chi connectivity index (χ0n) is 17.5. The number of carbonyl (C=O) groups excluding carboxylic acids is 1. The Balaban J connectivity index is 1.54. The number of H-pyrrole nitrogens is 1. The zero-order valence-corrected chi connectivity index (χ0v) is 17.5. The van der Waals surface area contributed by atoms with Crippen molar-refractivity contribution in [2.24, 2.45) is 0 Å². The number of piperazine rings is 1. The van der Waals surface area contributed by atoms with Crippen molar-refractivity contribution in [1.29, 1.82) is 0 Å². The SMILES string of the molecule is Cc1cccc(N2CCN(C(=O)C(C)n3c(=O)[nH]c4ccccc4c3=O)CC2)c1C. The minimum Gasteiger partial charge on any atom is -0.368 e. The molecule has 1 amide bonds. The van der Waals surface area contributed by atoms with E-state index in [-0.39, 0.29) is 5.91 Å².